The number of thioether (sulfide) groups is 1. The van der Waals surface area contributed by atoms with Crippen molar-refractivity contribution >= 4 is 39.5 Å². The van der Waals surface area contributed by atoms with E-state index in [1.54, 1.807) is 32.0 Å². The molecule has 3 heterocycles. The van der Waals surface area contributed by atoms with Crippen molar-refractivity contribution in [1.82, 2.24) is 15.0 Å². The van der Waals surface area contributed by atoms with Crippen LogP contribution in [0.3, 0.4) is 0 Å². The lowest BCUT2D eigenvalue weighted by molar-refractivity contribution is 0.124. The summed E-state index contributed by atoms with van der Waals surface area (Å²) >= 11 is 0.881. The number of aryl methyl sites for hydroxylation is 1. The molecule has 1 aliphatic heterocycles. The number of nitrogens with two attached hydrogens (primary N) is 1. The molecule has 3 N–H and O–H groups in total. The van der Waals surface area contributed by atoms with Crippen LogP contribution in [0.25, 0.3) is 11.0 Å². The van der Waals surface area contributed by atoms with Gasteiger partial charge in [-0.25, -0.2) is 28.1 Å². The molecular formula is C22H18F3N7S. The van der Waals surface area contributed by atoms with Crippen molar-refractivity contribution in [2.45, 2.75) is 37.0 Å². The predicted molar refractivity (Wildman–Crippen MR) is 120 cm³/mol. The van der Waals surface area contributed by atoms with Gasteiger partial charge < -0.3 is 11.1 Å². The Bertz CT molecular complexity index is 1370. The van der Waals surface area contributed by atoms with Crippen LogP contribution in [-0.4, -0.2) is 31.3 Å². The van der Waals surface area contributed by atoms with Crippen molar-refractivity contribution in [3.05, 3.63) is 53.2 Å². The van der Waals surface area contributed by atoms with Gasteiger partial charge in [0.25, 0.3) is 6.43 Å². The van der Waals surface area contributed by atoms with Gasteiger partial charge in [-0.1, -0.05) is 11.8 Å². The molecule has 0 amide bonds. The predicted octanol–water partition coefficient (Wildman–Crippen LogP) is 4.39. The smallest absolute Gasteiger partial charge is 0.253 e. The number of pyridine rings is 1. The number of nitrogens with one attached hydrogen (secondary N) is 1. The number of aliphatic imine (C=N–C) groups is 1. The van der Waals surface area contributed by atoms with E-state index in [1.807, 2.05) is 6.07 Å². The first-order chi connectivity index (χ1) is 15.7. The first-order valence-electron chi connectivity index (χ1n) is 10.1. The van der Waals surface area contributed by atoms with Gasteiger partial charge in [-0.05, 0) is 44.0 Å². The molecule has 0 unspecified atom stereocenters. The Labute approximate surface area is 191 Å². The van der Waals surface area contributed by atoms with Gasteiger partial charge >= 0.3 is 0 Å². The van der Waals surface area contributed by atoms with Crippen molar-refractivity contribution in [1.29, 1.82) is 5.26 Å². The molecule has 0 radical (unpaired) electrons. The zero-order valence-corrected chi connectivity index (χ0v) is 18.4. The second-order valence-corrected chi connectivity index (χ2v) is 9.80. The van der Waals surface area contributed by atoms with E-state index in [2.05, 4.69) is 25.3 Å². The van der Waals surface area contributed by atoms with E-state index >= 15 is 4.39 Å². The number of halogens is 3. The Morgan fingerprint density at radius 1 is 1.27 bits per heavy atom. The lowest BCUT2D eigenvalue weighted by Gasteiger charge is -2.34. The van der Waals surface area contributed by atoms with Crippen LogP contribution in [-0.2, 0) is 5.54 Å². The van der Waals surface area contributed by atoms with Gasteiger partial charge in [0, 0.05) is 23.4 Å². The molecule has 0 bridgehead atoms. The highest BCUT2D eigenvalue weighted by Crippen LogP contribution is 2.68. The maximum absolute atomic E-state index is 15.3. The summed E-state index contributed by atoms with van der Waals surface area (Å²) in [5, 5.41) is 12.2. The van der Waals surface area contributed by atoms with Crippen molar-refractivity contribution in [2.75, 3.05) is 5.32 Å². The van der Waals surface area contributed by atoms with Crippen LogP contribution in [0.2, 0.25) is 0 Å². The van der Waals surface area contributed by atoms with E-state index in [1.165, 1.54) is 12.5 Å². The zero-order chi connectivity index (χ0) is 23.5. The molecule has 1 aliphatic carbocycles. The Kier molecular flexibility index (Phi) is 4.75. The third kappa shape index (κ3) is 3.28. The van der Waals surface area contributed by atoms with E-state index in [9.17, 15) is 8.78 Å². The maximum Gasteiger partial charge on any atom is 0.253 e. The van der Waals surface area contributed by atoms with Crippen LogP contribution in [0, 0.1) is 30.0 Å². The third-order valence-corrected chi connectivity index (χ3v) is 7.61. The standard InChI is InChI=1S/C22H18F3N7S/c1-10-3-12(31-18-17-14(29-9-30-18)4-11(7-26)8-28-17)5-13(16(10)23)21(2)15-6-22(15,19(24)25)33-20(27)32-21/h3-5,8-9,15,19H,6H2,1-2H3,(H2,27,32)(H,29,30,31)/t15-,21+,22-/m0/s1. The molecule has 1 aromatic carbocycles. The number of hydrogen-bond donors (Lipinski definition) is 2. The van der Waals surface area contributed by atoms with Gasteiger partial charge in [0.15, 0.2) is 11.0 Å². The Morgan fingerprint density at radius 2 is 2.06 bits per heavy atom. The summed E-state index contributed by atoms with van der Waals surface area (Å²) in [4.78, 5) is 17.1. The van der Waals surface area contributed by atoms with Crippen LogP contribution < -0.4 is 11.1 Å². The third-order valence-electron chi connectivity index (χ3n) is 6.31. The quantitative estimate of drug-likeness (QED) is 0.583. The molecule has 168 valence electrons. The topological polar surface area (TPSA) is 113 Å². The Hall–Kier alpha value is -3.39. The minimum atomic E-state index is -2.59. The number of nitriles is 1. The van der Waals surface area contributed by atoms with Gasteiger partial charge in [-0.3, -0.25) is 4.99 Å². The highest BCUT2D eigenvalue weighted by molar-refractivity contribution is 8.15. The first kappa shape index (κ1) is 21.5. The lowest BCUT2D eigenvalue weighted by Crippen LogP contribution is -2.39. The summed E-state index contributed by atoms with van der Waals surface area (Å²) in [6, 6.07) is 6.75. The van der Waals surface area contributed by atoms with E-state index < -0.39 is 28.4 Å². The number of alkyl halides is 2. The molecule has 11 heteroatoms. The molecule has 1 fully saturated rings. The largest absolute Gasteiger partial charge is 0.378 e. The Balaban J connectivity index is 1.58. The van der Waals surface area contributed by atoms with Crippen LogP contribution in [0.1, 0.15) is 30.0 Å². The number of nitrogens with zero attached hydrogens (tertiary/aromatic N) is 5. The van der Waals surface area contributed by atoms with E-state index in [4.69, 9.17) is 11.0 Å². The number of anilines is 2. The number of rotatable bonds is 4. The van der Waals surface area contributed by atoms with Crippen LogP contribution in [0.5, 0.6) is 0 Å². The van der Waals surface area contributed by atoms with Crippen LogP contribution in [0.4, 0.5) is 24.7 Å². The SMILES string of the molecule is Cc1cc(Nc2ncnc3cc(C#N)cnc23)cc([C@@]2(C)N=C(N)S[C@@]3(C(F)F)C[C@@H]23)c1F. The first-order valence-corrected chi connectivity index (χ1v) is 10.9. The van der Waals surface area contributed by atoms with Gasteiger partial charge in [0.1, 0.15) is 23.7 Å². The van der Waals surface area contributed by atoms with Crippen LogP contribution >= 0.6 is 11.8 Å². The fraction of sp³-hybridized carbons (Fsp3) is 0.318. The summed E-state index contributed by atoms with van der Waals surface area (Å²) in [5.74, 6) is -0.689. The van der Waals surface area contributed by atoms with E-state index in [0.29, 0.717) is 33.7 Å². The molecule has 7 nitrogen and oxygen atoms in total. The molecule has 2 aliphatic rings. The van der Waals surface area contributed by atoms with Crippen molar-refractivity contribution in [3.8, 4) is 6.07 Å². The zero-order valence-electron chi connectivity index (χ0n) is 17.6. The normalized spacial score (nSPS) is 26.0. The van der Waals surface area contributed by atoms with Gasteiger partial charge in [0.2, 0.25) is 0 Å². The summed E-state index contributed by atoms with van der Waals surface area (Å²) in [7, 11) is 0. The molecule has 33 heavy (non-hydrogen) atoms. The summed E-state index contributed by atoms with van der Waals surface area (Å²) in [6.07, 6.45) is 0.348. The van der Waals surface area contributed by atoms with E-state index in [-0.39, 0.29) is 17.2 Å². The molecule has 1 saturated carbocycles. The molecule has 0 spiro atoms. The second-order valence-electron chi connectivity index (χ2n) is 8.42. The van der Waals surface area contributed by atoms with E-state index in [0.717, 1.165) is 11.8 Å². The van der Waals surface area contributed by atoms with Gasteiger partial charge in [0.05, 0.1) is 21.4 Å². The van der Waals surface area contributed by atoms with Crippen molar-refractivity contribution < 1.29 is 13.2 Å². The monoisotopic (exact) mass is 469 g/mol. The average molecular weight is 469 g/mol. The number of hydrogen-bond acceptors (Lipinski definition) is 8. The van der Waals surface area contributed by atoms with Crippen molar-refractivity contribution in [2.24, 2.45) is 16.6 Å². The molecule has 3 aromatic rings. The summed E-state index contributed by atoms with van der Waals surface area (Å²) in [6.45, 7) is 3.25. The molecule has 2 aromatic heterocycles. The minimum Gasteiger partial charge on any atom is -0.378 e. The lowest BCUT2D eigenvalue weighted by atomic mass is 9.84. The minimum absolute atomic E-state index is 0.0289. The molecule has 0 saturated heterocycles. The van der Waals surface area contributed by atoms with Gasteiger partial charge in [-0.15, -0.1) is 0 Å². The number of fused-ring (bicyclic) bond motifs is 2. The van der Waals surface area contributed by atoms with Gasteiger partial charge in [-0.2, -0.15) is 5.26 Å². The molecule has 5 rings (SSSR count). The summed E-state index contributed by atoms with van der Waals surface area (Å²) < 4.78 is 41.7. The second kappa shape index (κ2) is 7.31. The number of aromatic nitrogens is 3. The maximum atomic E-state index is 15.3. The fourth-order valence-electron chi connectivity index (χ4n) is 4.55. The highest BCUT2D eigenvalue weighted by atomic mass is 32.2. The average Bonchev–Trinajstić information content (AvgIpc) is 3.53. The number of amidine groups is 1. The van der Waals surface area contributed by atoms with Crippen LogP contribution in [0.15, 0.2) is 35.7 Å². The van der Waals surface area contributed by atoms with Crippen molar-refractivity contribution in [3.63, 3.8) is 0 Å². The molecule has 3 atom stereocenters. The fourth-order valence-corrected chi connectivity index (χ4v) is 5.88. The Morgan fingerprint density at radius 3 is 2.79 bits per heavy atom. The summed E-state index contributed by atoms with van der Waals surface area (Å²) in [5.41, 5.74) is 6.96. The highest BCUT2D eigenvalue weighted by Gasteiger charge is 2.71. The number of benzene rings is 1. The molecular weight excluding hydrogens is 451 g/mol.